The van der Waals surface area contributed by atoms with Gasteiger partial charge in [0.05, 0.1) is 0 Å². The minimum absolute atomic E-state index is 0.127. The summed E-state index contributed by atoms with van der Waals surface area (Å²) >= 11 is 1.66. The molecule has 0 saturated carbocycles. The van der Waals surface area contributed by atoms with Crippen LogP contribution in [-0.2, 0) is 0 Å². The fourth-order valence-corrected chi connectivity index (χ4v) is 1.83. The van der Waals surface area contributed by atoms with Crippen molar-refractivity contribution < 1.29 is 4.39 Å². The Kier molecular flexibility index (Phi) is 4.97. The molecule has 1 aromatic rings. The zero-order valence-corrected chi connectivity index (χ0v) is 9.14. The standard InChI is InChI=1S/C10H14FN3S/c11-8-2-4-9(5-3-8)15-7-1-6-14-10(12)13/h2-5H,1,6-7H2,(H4,12,13,14). The molecule has 0 aliphatic heterocycles. The van der Waals surface area contributed by atoms with Gasteiger partial charge in [0.15, 0.2) is 5.96 Å². The molecule has 0 spiro atoms. The fraction of sp³-hybridized carbons (Fsp3) is 0.300. The van der Waals surface area contributed by atoms with E-state index >= 15 is 0 Å². The highest BCUT2D eigenvalue weighted by atomic mass is 32.2. The summed E-state index contributed by atoms with van der Waals surface area (Å²) in [6.07, 6.45) is 0.903. The van der Waals surface area contributed by atoms with Crippen molar-refractivity contribution in [3.05, 3.63) is 30.1 Å². The molecule has 3 nitrogen and oxygen atoms in total. The summed E-state index contributed by atoms with van der Waals surface area (Å²) in [7, 11) is 0. The zero-order valence-electron chi connectivity index (χ0n) is 8.32. The van der Waals surface area contributed by atoms with E-state index in [1.165, 1.54) is 12.1 Å². The van der Waals surface area contributed by atoms with Gasteiger partial charge in [0.25, 0.3) is 0 Å². The Morgan fingerprint density at radius 1 is 1.27 bits per heavy atom. The first kappa shape index (κ1) is 11.8. The second-order valence-electron chi connectivity index (χ2n) is 2.96. The van der Waals surface area contributed by atoms with Gasteiger partial charge in [-0.25, -0.2) is 4.39 Å². The molecule has 0 atom stereocenters. The largest absolute Gasteiger partial charge is 0.370 e. The Labute approximate surface area is 92.8 Å². The van der Waals surface area contributed by atoms with Gasteiger partial charge in [-0.15, -0.1) is 11.8 Å². The van der Waals surface area contributed by atoms with Crippen LogP contribution >= 0.6 is 11.8 Å². The molecule has 0 saturated heterocycles. The maximum Gasteiger partial charge on any atom is 0.185 e. The van der Waals surface area contributed by atoms with Crippen molar-refractivity contribution in [2.24, 2.45) is 16.5 Å². The number of aliphatic imine (C=N–C) groups is 1. The third-order valence-electron chi connectivity index (χ3n) is 1.68. The lowest BCUT2D eigenvalue weighted by Gasteiger charge is -1.99. The molecule has 1 aromatic carbocycles. The molecule has 0 amide bonds. The van der Waals surface area contributed by atoms with Gasteiger partial charge in [-0.05, 0) is 36.4 Å². The summed E-state index contributed by atoms with van der Waals surface area (Å²) in [5, 5.41) is 0. The van der Waals surface area contributed by atoms with E-state index in [2.05, 4.69) is 4.99 Å². The quantitative estimate of drug-likeness (QED) is 0.347. The van der Waals surface area contributed by atoms with Crippen molar-refractivity contribution >= 4 is 17.7 Å². The molecule has 5 heteroatoms. The van der Waals surface area contributed by atoms with Crippen molar-refractivity contribution in [2.75, 3.05) is 12.3 Å². The van der Waals surface area contributed by atoms with Crippen molar-refractivity contribution in [3.63, 3.8) is 0 Å². The van der Waals surface area contributed by atoms with Gasteiger partial charge in [-0.2, -0.15) is 0 Å². The normalized spacial score (nSPS) is 9.93. The van der Waals surface area contributed by atoms with E-state index in [-0.39, 0.29) is 11.8 Å². The molecule has 0 fully saturated rings. The number of benzene rings is 1. The number of nitrogens with two attached hydrogens (primary N) is 2. The average molecular weight is 227 g/mol. The summed E-state index contributed by atoms with van der Waals surface area (Å²) < 4.78 is 12.6. The second kappa shape index (κ2) is 6.29. The van der Waals surface area contributed by atoms with Gasteiger partial charge in [-0.3, -0.25) is 4.99 Å². The van der Waals surface area contributed by atoms with Crippen molar-refractivity contribution in [1.82, 2.24) is 0 Å². The lowest BCUT2D eigenvalue weighted by molar-refractivity contribution is 0.626. The van der Waals surface area contributed by atoms with E-state index in [0.29, 0.717) is 6.54 Å². The highest BCUT2D eigenvalue weighted by molar-refractivity contribution is 7.99. The first-order valence-corrected chi connectivity index (χ1v) is 5.61. The van der Waals surface area contributed by atoms with Gasteiger partial charge in [0, 0.05) is 11.4 Å². The van der Waals surface area contributed by atoms with E-state index in [4.69, 9.17) is 11.5 Å². The molecule has 0 unspecified atom stereocenters. The Hall–Kier alpha value is -1.23. The van der Waals surface area contributed by atoms with Crippen LogP contribution in [-0.4, -0.2) is 18.3 Å². The van der Waals surface area contributed by atoms with Crippen LogP contribution in [0.3, 0.4) is 0 Å². The first-order valence-electron chi connectivity index (χ1n) is 4.62. The smallest absolute Gasteiger partial charge is 0.185 e. The monoisotopic (exact) mass is 227 g/mol. The minimum atomic E-state index is -0.208. The molecule has 0 aliphatic rings. The third-order valence-corrected chi connectivity index (χ3v) is 2.78. The summed E-state index contributed by atoms with van der Waals surface area (Å²) in [4.78, 5) is 4.93. The molecule has 0 aromatic heterocycles. The van der Waals surface area contributed by atoms with Crippen molar-refractivity contribution in [2.45, 2.75) is 11.3 Å². The number of thioether (sulfide) groups is 1. The summed E-state index contributed by atoms with van der Waals surface area (Å²) in [6, 6.07) is 6.44. The zero-order chi connectivity index (χ0) is 11.1. The minimum Gasteiger partial charge on any atom is -0.370 e. The molecule has 1 rings (SSSR count). The summed E-state index contributed by atoms with van der Waals surface area (Å²) in [5.74, 6) is 0.837. The van der Waals surface area contributed by atoms with Crippen LogP contribution < -0.4 is 11.5 Å². The van der Waals surface area contributed by atoms with Gasteiger partial charge >= 0.3 is 0 Å². The van der Waals surface area contributed by atoms with E-state index in [9.17, 15) is 4.39 Å². The molecule has 82 valence electrons. The highest BCUT2D eigenvalue weighted by Crippen LogP contribution is 2.18. The van der Waals surface area contributed by atoms with Crippen LogP contribution in [0.5, 0.6) is 0 Å². The summed E-state index contributed by atoms with van der Waals surface area (Å²) in [6.45, 7) is 0.635. The average Bonchev–Trinajstić information content (AvgIpc) is 2.20. The molecule has 4 N–H and O–H groups in total. The van der Waals surface area contributed by atoms with Crippen LogP contribution in [0.15, 0.2) is 34.2 Å². The van der Waals surface area contributed by atoms with Crippen LogP contribution in [0.1, 0.15) is 6.42 Å². The Bertz CT molecular complexity index is 320. The van der Waals surface area contributed by atoms with E-state index in [1.807, 2.05) is 0 Å². The lowest BCUT2D eigenvalue weighted by atomic mass is 10.4. The van der Waals surface area contributed by atoms with Crippen LogP contribution in [0.2, 0.25) is 0 Å². The lowest BCUT2D eigenvalue weighted by Crippen LogP contribution is -2.23. The van der Waals surface area contributed by atoms with Crippen molar-refractivity contribution in [3.8, 4) is 0 Å². The Balaban J connectivity index is 2.20. The fourth-order valence-electron chi connectivity index (χ4n) is 0.994. The maximum absolute atomic E-state index is 12.6. The molecule has 0 bridgehead atoms. The molecule has 0 aliphatic carbocycles. The Morgan fingerprint density at radius 3 is 2.53 bits per heavy atom. The maximum atomic E-state index is 12.6. The molecule has 15 heavy (non-hydrogen) atoms. The summed E-state index contributed by atoms with van der Waals surface area (Å²) in [5.41, 5.74) is 10.4. The predicted octanol–water partition coefficient (Wildman–Crippen LogP) is 1.58. The number of hydrogen-bond donors (Lipinski definition) is 2. The molecule has 0 heterocycles. The highest BCUT2D eigenvalue weighted by Gasteiger charge is 1.94. The SMILES string of the molecule is NC(N)=NCCCSc1ccc(F)cc1. The van der Waals surface area contributed by atoms with Gasteiger partial charge < -0.3 is 11.5 Å². The third kappa shape index (κ3) is 5.27. The van der Waals surface area contributed by atoms with Crippen molar-refractivity contribution in [1.29, 1.82) is 0 Å². The second-order valence-corrected chi connectivity index (χ2v) is 4.13. The van der Waals surface area contributed by atoms with Gasteiger partial charge in [0.2, 0.25) is 0 Å². The first-order chi connectivity index (χ1) is 7.18. The number of rotatable bonds is 5. The van der Waals surface area contributed by atoms with Gasteiger partial charge in [0.1, 0.15) is 5.82 Å². The molecular weight excluding hydrogens is 213 g/mol. The van der Waals surface area contributed by atoms with Gasteiger partial charge in [-0.1, -0.05) is 0 Å². The topological polar surface area (TPSA) is 64.4 Å². The number of hydrogen-bond acceptors (Lipinski definition) is 2. The number of guanidine groups is 1. The Morgan fingerprint density at radius 2 is 1.93 bits per heavy atom. The van der Waals surface area contributed by atoms with E-state index < -0.39 is 0 Å². The number of nitrogens with zero attached hydrogens (tertiary/aromatic N) is 1. The predicted molar refractivity (Wildman–Crippen MR) is 62.4 cm³/mol. The van der Waals surface area contributed by atoms with E-state index in [0.717, 1.165) is 17.1 Å². The molecule has 0 radical (unpaired) electrons. The van der Waals surface area contributed by atoms with Crippen LogP contribution in [0.25, 0.3) is 0 Å². The number of halogens is 1. The van der Waals surface area contributed by atoms with E-state index in [1.54, 1.807) is 23.9 Å². The van der Waals surface area contributed by atoms with Crippen LogP contribution in [0.4, 0.5) is 4.39 Å². The van der Waals surface area contributed by atoms with Crippen LogP contribution in [0, 0.1) is 5.82 Å². The molecular formula is C10H14FN3S.